The number of rotatable bonds is 6. The Hall–Kier alpha value is -1.66. The average molecular weight is 333 g/mol. The van der Waals surface area contributed by atoms with E-state index in [1.54, 1.807) is 11.3 Å². The van der Waals surface area contributed by atoms with Crippen LogP contribution in [0.5, 0.6) is 0 Å². The predicted octanol–water partition coefficient (Wildman–Crippen LogP) is 2.51. The van der Waals surface area contributed by atoms with Crippen molar-refractivity contribution in [2.75, 3.05) is 19.8 Å². The second kappa shape index (κ2) is 7.27. The van der Waals surface area contributed by atoms with Crippen molar-refractivity contribution in [2.45, 2.75) is 38.1 Å². The van der Waals surface area contributed by atoms with Crippen LogP contribution in [0.15, 0.2) is 29.9 Å². The molecule has 1 N–H and O–H groups in total. The molecule has 0 radical (unpaired) electrons. The predicted molar refractivity (Wildman–Crippen MR) is 90.6 cm³/mol. The zero-order valence-electron chi connectivity index (χ0n) is 13.5. The van der Waals surface area contributed by atoms with E-state index in [0.717, 1.165) is 30.0 Å². The van der Waals surface area contributed by atoms with Crippen molar-refractivity contribution in [3.8, 4) is 0 Å². The van der Waals surface area contributed by atoms with Gasteiger partial charge in [0.1, 0.15) is 0 Å². The molecule has 3 heterocycles. The third-order valence-corrected chi connectivity index (χ3v) is 5.42. The number of thiazole rings is 1. The lowest BCUT2D eigenvalue weighted by atomic mass is 9.86. The smallest absolute Gasteiger partial charge is 0.222 e. The van der Waals surface area contributed by atoms with Gasteiger partial charge in [0, 0.05) is 49.6 Å². The Morgan fingerprint density at radius 2 is 2.13 bits per heavy atom. The van der Waals surface area contributed by atoms with Crippen LogP contribution in [0.2, 0.25) is 0 Å². The fourth-order valence-corrected chi connectivity index (χ4v) is 3.89. The van der Waals surface area contributed by atoms with Gasteiger partial charge in [-0.3, -0.25) is 4.79 Å². The molecular weight excluding hydrogens is 310 g/mol. The second-order valence-corrected chi connectivity index (χ2v) is 7.03. The van der Waals surface area contributed by atoms with E-state index in [9.17, 15) is 4.79 Å². The van der Waals surface area contributed by atoms with Crippen LogP contribution in [-0.4, -0.2) is 35.2 Å². The van der Waals surface area contributed by atoms with Crippen molar-refractivity contribution in [2.24, 2.45) is 0 Å². The molecule has 0 atom stereocenters. The largest absolute Gasteiger partial charge is 0.381 e. The molecule has 1 aliphatic rings. The number of amides is 1. The maximum atomic E-state index is 12.4. The standard InChI is InChI=1S/C17H23N3O2S/c1-14-13-23-16(19-14)4-7-18-15(21)12-17(5-10-22-11-6-17)20-8-2-3-9-20/h2-3,8-9,13H,4-7,10-12H2,1H3,(H,18,21). The molecular formula is C17H23N3O2S. The Morgan fingerprint density at radius 1 is 1.39 bits per heavy atom. The second-order valence-electron chi connectivity index (χ2n) is 6.09. The quantitative estimate of drug-likeness (QED) is 0.884. The monoisotopic (exact) mass is 333 g/mol. The average Bonchev–Trinajstić information content (AvgIpc) is 3.20. The lowest BCUT2D eigenvalue weighted by Gasteiger charge is -2.38. The van der Waals surface area contributed by atoms with Crippen molar-refractivity contribution in [1.82, 2.24) is 14.9 Å². The molecule has 2 aromatic rings. The van der Waals surface area contributed by atoms with E-state index in [-0.39, 0.29) is 11.4 Å². The van der Waals surface area contributed by atoms with E-state index in [4.69, 9.17) is 4.74 Å². The number of carbonyl (C=O) groups is 1. The lowest BCUT2D eigenvalue weighted by molar-refractivity contribution is -0.124. The van der Waals surface area contributed by atoms with Gasteiger partial charge in [0.15, 0.2) is 0 Å². The van der Waals surface area contributed by atoms with Crippen molar-refractivity contribution >= 4 is 17.2 Å². The number of aromatic nitrogens is 2. The van der Waals surface area contributed by atoms with Crippen LogP contribution in [0.1, 0.15) is 30.0 Å². The van der Waals surface area contributed by atoms with E-state index in [1.807, 2.05) is 24.4 Å². The molecule has 1 aliphatic heterocycles. The Morgan fingerprint density at radius 3 is 2.78 bits per heavy atom. The summed E-state index contributed by atoms with van der Waals surface area (Å²) in [6.07, 6.45) is 7.15. The first-order valence-electron chi connectivity index (χ1n) is 8.07. The first kappa shape index (κ1) is 16.2. The maximum Gasteiger partial charge on any atom is 0.222 e. The highest BCUT2D eigenvalue weighted by Crippen LogP contribution is 2.32. The summed E-state index contributed by atoms with van der Waals surface area (Å²) in [6.45, 7) is 4.06. The molecule has 5 nitrogen and oxygen atoms in total. The highest BCUT2D eigenvalue weighted by Gasteiger charge is 2.35. The molecule has 0 aromatic carbocycles. The molecule has 0 spiro atoms. The molecule has 23 heavy (non-hydrogen) atoms. The van der Waals surface area contributed by atoms with Crippen molar-refractivity contribution in [3.05, 3.63) is 40.6 Å². The summed E-state index contributed by atoms with van der Waals surface area (Å²) < 4.78 is 7.67. The van der Waals surface area contributed by atoms with Crippen molar-refractivity contribution in [3.63, 3.8) is 0 Å². The summed E-state index contributed by atoms with van der Waals surface area (Å²) in [6, 6.07) is 4.03. The lowest BCUT2D eigenvalue weighted by Crippen LogP contribution is -2.43. The number of nitrogens with one attached hydrogen (secondary N) is 1. The molecule has 1 saturated heterocycles. The summed E-state index contributed by atoms with van der Waals surface area (Å²) in [5.41, 5.74) is 0.897. The summed E-state index contributed by atoms with van der Waals surface area (Å²) in [5, 5.41) is 6.17. The highest BCUT2D eigenvalue weighted by molar-refractivity contribution is 7.09. The van der Waals surface area contributed by atoms with Gasteiger partial charge in [0.2, 0.25) is 5.91 Å². The van der Waals surface area contributed by atoms with Crippen LogP contribution in [0.4, 0.5) is 0 Å². The van der Waals surface area contributed by atoms with Crippen LogP contribution < -0.4 is 5.32 Å². The van der Waals surface area contributed by atoms with Gasteiger partial charge in [-0.25, -0.2) is 4.98 Å². The van der Waals surface area contributed by atoms with Crippen molar-refractivity contribution in [1.29, 1.82) is 0 Å². The molecule has 1 amide bonds. The minimum atomic E-state index is -0.149. The van der Waals surface area contributed by atoms with Gasteiger partial charge in [-0.1, -0.05) is 0 Å². The first-order chi connectivity index (χ1) is 11.2. The molecule has 2 aromatic heterocycles. The molecule has 0 aliphatic carbocycles. The van der Waals surface area contributed by atoms with Crippen molar-refractivity contribution < 1.29 is 9.53 Å². The minimum Gasteiger partial charge on any atom is -0.381 e. The first-order valence-corrected chi connectivity index (χ1v) is 8.95. The molecule has 124 valence electrons. The van der Waals surface area contributed by atoms with Gasteiger partial charge in [0.05, 0.1) is 17.0 Å². The van der Waals surface area contributed by atoms with Gasteiger partial charge in [-0.2, -0.15) is 0 Å². The highest BCUT2D eigenvalue weighted by atomic mass is 32.1. The van der Waals surface area contributed by atoms with E-state index in [0.29, 0.717) is 26.2 Å². The Kier molecular flexibility index (Phi) is 5.13. The SMILES string of the molecule is Cc1csc(CCNC(=O)CC2(n3cccc3)CCOCC2)n1. The minimum absolute atomic E-state index is 0.105. The Balaban J connectivity index is 1.56. The van der Waals surface area contributed by atoms with Crippen LogP contribution in [0.25, 0.3) is 0 Å². The molecule has 3 rings (SSSR count). The number of aryl methyl sites for hydroxylation is 1. The Labute approximate surface area is 140 Å². The fraction of sp³-hybridized carbons (Fsp3) is 0.529. The third-order valence-electron chi connectivity index (χ3n) is 4.39. The molecule has 0 bridgehead atoms. The summed E-state index contributed by atoms with van der Waals surface area (Å²) in [5.74, 6) is 0.105. The topological polar surface area (TPSA) is 56.2 Å². The number of ether oxygens (including phenoxy) is 1. The molecule has 0 saturated carbocycles. The van der Waals surface area contributed by atoms with Gasteiger partial charge in [-0.15, -0.1) is 11.3 Å². The fourth-order valence-electron chi connectivity index (χ4n) is 3.12. The normalized spacial score (nSPS) is 17.1. The van der Waals surface area contributed by atoms with E-state index in [2.05, 4.69) is 27.3 Å². The van der Waals surface area contributed by atoms with Gasteiger partial charge in [-0.05, 0) is 31.9 Å². The molecule has 1 fully saturated rings. The van der Waals surface area contributed by atoms with Gasteiger partial charge in [0.25, 0.3) is 0 Å². The zero-order chi connectivity index (χ0) is 16.1. The van der Waals surface area contributed by atoms with Crippen LogP contribution in [0.3, 0.4) is 0 Å². The van der Waals surface area contributed by atoms with Crippen LogP contribution in [0, 0.1) is 6.92 Å². The zero-order valence-corrected chi connectivity index (χ0v) is 14.3. The number of nitrogens with zero attached hydrogens (tertiary/aromatic N) is 2. The summed E-state index contributed by atoms with van der Waals surface area (Å²) in [4.78, 5) is 16.8. The number of carbonyl (C=O) groups excluding carboxylic acids is 1. The summed E-state index contributed by atoms with van der Waals surface area (Å²) >= 11 is 1.65. The summed E-state index contributed by atoms with van der Waals surface area (Å²) in [7, 11) is 0. The van der Waals surface area contributed by atoms with Gasteiger partial charge >= 0.3 is 0 Å². The van der Waals surface area contributed by atoms with Crippen LogP contribution in [-0.2, 0) is 21.5 Å². The van der Waals surface area contributed by atoms with E-state index < -0.39 is 0 Å². The molecule has 6 heteroatoms. The third kappa shape index (κ3) is 4.00. The van der Waals surface area contributed by atoms with E-state index >= 15 is 0 Å². The maximum absolute atomic E-state index is 12.4. The Bertz CT molecular complexity index is 630. The number of hydrogen-bond acceptors (Lipinski definition) is 4. The molecule has 0 unspecified atom stereocenters. The van der Waals surface area contributed by atoms with Gasteiger partial charge < -0.3 is 14.6 Å². The number of hydrogen-bond donors (Lipinski definition) is 1. The van der Waals surface area contributed by atoms with Crippen LogP contribution >= 0.6 is 11.3 Å². The van der Waals surface area contributed by atoms with E-state index in [1.165, 1.54) is 0 Å².